The Hall–Kier alpha value is -1.42. The molecule has 70 valence electrons. The van der Waals surface area contributed by atoms with Crippen LogP contribution in [0.5, 0.6) is 0 Å². The second-order valence-corrected chi connectivity index (χ2v) is 3.84. The zero-order valence-electron chi connectivity index (χ0n) is 7.20. The quantitative estimate of drug-likeness (QED) is 0.843. The van der Waals surface area contributed by atoms with E-state index in [1.54, 1.807) is 12.3 Å². The van der Waals surface area contributed by atoms with E-state index < -0.39 is 5.91 Å². The molecule has 2 aromatic rings. The van der Waals surface area contributed by atoms with E-state index in [1.807, 2.05) is 18.2 Å². The molecule has 0 radical (unpaired) electrons. The Kier molecular flexibility index (Phi) is 2.21. The summed E-state index contributed by atoms with van der Waals surface area (Å²) in [5.41, 5.74) is 5.42. The molecule has 0 aliphatic carbocycles. The molecule has 1 heterocycles. The first-order valence-electron chi connectivity index (χ1n) is 4.02. The molecular formula is C10H7BrN2O. The van der Waals surface area contributed by atoms with Crippen molar-refractivity contribution < 1.29 is 4.79 Å². The van der Waals surface area contributed by atoms with Crippen LogP contribution in [-0.2, 0) is 0 Å². The molecule has 14 heavy (non-hydrogen) atoms. The van der Waals surface area contributed by atoms with Crippen LogP contribution in [0.4, 0.5) is 0 Å². The number of hydrogen-bond donors (Lipinski definition) is 1. The van der Waals surface area contributed by atoms with E-state index in [0.29, 0.717) is 0 Å². The van der Waals surface area contributed by atoms with E-state index >= 15 is 0 Å². The van der Waals surface area contributed by atoms with Crippen molar-refractivity contribution in [2.24, 2.45) is 5.73 Å². The Labute approximate surface area is 89.1 Å². The summed E-state index contributed by atoms with van der Waals surface area (Å²) in [4.78, 5) is 14.8. The summed E-state index contributed by atoms with van der Waals surface area (Å²) in [5, 5.41) is 1.93. The highest BCUT2D eigenvalue weighted by atomic mass is 79.9. The average molecular weight is 251 g/mol. The third-order valence-corrected chi connectivity index (χ3v) is 2.43. The van der Waals surface area contributed by atoms with Crippen LogP contribution in [0.1, 0.15) is 10.5 Å². The molecule has 1 aromatic carbocycles. The maximum absolute atomic E-state index is 10.9. The van der Waals surface area contributed by atoms with E-state index in [9.17, 15) is 4.79 Å². The highest BCUT2D eigenvalue weighted by Gasteiger charge is 2.03. The number of pyridine rings is 1. The number of fused-ring (bicyclic) bond motifs is 1. The molecule has 0 saturated carbocycles. The molecule has 0 spiro atoms. The van der Waals surface area contributed by atoms with Crippen LogP contribution in [-0.4, -0.2) is 10.9 Å². The summed E-state index contributed by atoms with van der Waals surface area (Å²) >= 11 is 3.36. The first-order valence-corrected chi connectivity index (χ1v) is 4.81. The van der Waals surface area contributed by atoms with Crippen molar-refractivity contribution in [2.45, 2.75) is 0 Å². The van der Waals surface area contributed by atoms with E-state index in [1.165, 1.54) is 0 Å². The van der Waals surface area contributed by atoms with Crippen LogP contribution in [0.2, 0.25) is 0 Å². The standard InChI is InChI=1S/C10H7BrN2O/c11-8-2-1-6-5-13-9(10(12)14)4-7(6)3-8/h1-5H,(H2,12,14). The summed E-state index contributed by atoms with van der Waals surface area (Å²) in [6, 6.07) is 7.46. The number of hydrogen-bond acceptors (Lipinski definition) is 2. The lowest BCUT2D eigenvalue weighted by Crippen LogP contribution is -2.12. The van der Waals surface area contributed by atoms with Crippen LogP contribution in [0.25, 0.3) is 10.8 Å². The summed E-state index contributed by atoms with van der Waals surface area (Å²) < 4.78 is 0.964. The van der Waals surface area contributed by atoms with Gasteiger partial charge < -0.3 is 5.73 Å². The number of aromatic nitrogens is 1. The molecule has 0 aliphatic rings. The molecule has 0 fully saturated rings. The maximum atomic E-state index is 10.9. The molecule has 0 unspecified atom stereocenters. The summed E-state index contributed by atoms with van der Waals surface area (Å²) in [6.45, 7) is 0. The third-order valence-electron chi connectivity index (χ3n) is 1.94. The number of carbonyl (C=O) groups is 1. The number of amides is 1. The predicted molar refractivity (Wildman–Crippen MR) is 58.0 cm³/mol. The van der Waals surface area contributed by atoms with Gasteiger partial charge in [-0.05, 0) is 23.6 Å². The Bertz CT molecular complexity index is 510. The van der Waals surface area contributed by atoms with Gasteiger partial charge in [0.25, 0.3) is 5.91 Å². The Morgan fingerprint density at radius 1 is 1.29 bits per heavy atom. The van der Waals surface area contributed by atoms with Gasteiger partial charge in [-0.25, -0.2) is 0 Å². The highest BCUT2D eigenvalue weighted by molar-refractivity contribution is 9.10. The molecule has 4 heteroatoms. The Morgan fingerprint density at radius 3 is 2.79 bits per heavy atom. The number of halogens is 1. The fourth-order valence-electron chi connectivity index (χ4n) is 1.25. The fourth-order valence-corrected chi connectivity index (χ4v) is 1.63. The molecule has 0 aliphatic heterocycles. The largest absolute Gasteiger partial charge is 0.364 e. The number of rotatable bonds is 1. The molecule has 2 N–H and O–H groups in total. The lowest BCUT2D eigenvalue weighted by molar-refractivity contribution is 0.0996. The number of nitrogens with zero attached hydrogens (tertiary/aromatic N) is 1. The van der Waals surface area contributed by atoms with Gasteiger partial charge in [0.1, 0.15) is 5.69 Å². The summed E-state index contributed by atoms with van der Waals surface area (Å²) in [7, 11) is 0. The van der Waals surface area contributed by atoms with Gasteiger partial charge in [0.15, 0.2) is 0 Å². The molecule has 0 saturated heterocycles. The van der Waals surface area contributed by atoms with Crippen molar-refractivity contribution in [3.05, 3.63) is 40.6 Å². The van der Waals surface area contributed by atoms with E-state index in [4.69, 9.17) is 5.73 Å². The lowest BCUT2D eigenvalue weighted by atomic mass is 10.1. The zero-order chi connectivity index (χ0) is 10.1. The van der Waals surface area contributed by atoms with Gasteiger partial charge in [-0.15, -0.1) is 0 Å². The van der Waals surface area contributed by atoms with E-state index in [2.05, 4.69) is 20.9 Å². The van der Waals surface area contributed by atoms with Crippen LogP contribution in [0, 0.1) is 0 Å². The predicted octanol–water partition coefficient (Wildman–Crippen LogP) is 2.10. The van der Waals surface area contributed by atoms with Gasteiger partial charge in [0.05, 0.1) is 0 Å². The monoisotopic (exact) mass is 250 g/mol. The van der Waals surface area contributed by atoms with Crippen LogP contribution < -0.4 is 5.73 Å². The molecule has 1 aromatic heterocycles. The number of nitrogens with two attached hydrogens (primary N) is 1. The van der Waals surface area contributed by atoms with Crippen LogP contribution in [0.3, 0.4) is 0 Å². The number of carbonyl (C=O) groups excluding carboxylic acids is 1. The molecular weight excluding hydrogens is 244 g/mol. The molecule has 1 amide bonds. The van der Waals surface area contributed by atoms with E-state index in [0.717, 1.165) is 15.2 Å². The number of benzene rings is 1. The first-order chi connectivity index (χ1) is 6.66. The van der Waals surface area contributed by atoms with Crippen molar-refractivity contribution in [3.63, 3.8) is 0 Å². The third kappa shape index (κ3) is 1.61. The van der Waals surface area contributed by atoms with Crippen molar-refractivity contribution in [3.8, 4) is 0 Å². The van der Waals surface area contributed by atoms with Crippen molar-refractivity contribution in [1.82, 2.24) is 4.98 Å². The molecule has 0 atom stereocenters. The fraction of sp³-hybridized carbons (Fsp3) is 0. The average Bonchev–Trinajstić information content (AvgIpc) is 2.16. The van der Waals surface area contributed by atoms with E-state index in [-0.39, 0.29) is 5.69 Å². The smallest absolute Gasteiger partial charge is 0.267 e. The van der Waals surface area contributed by atoms with Crippen LogP contribution in [0.15, 0.2) is 34.9 Å². The zero-order valence-corrected chi connectivity index (χ0v) is 8.78. The van der Waals surface area contributed by atoms with Gasteiger partial charge in [-0.2, -0.15) is 0 Å². The van der Waals surface area contributed by atoms with Crippen LogP contribution >= 0.6 is 15.9 Å². The Balaban J connectivity index is 2.69. The number of primary amides is 1. The minimum Gasteiger partial charge on any atom is -0.364 e. The van der Waals surface area contributed by atoms with Gasteiger partial charge in [0, 0.05) is 16.1 Å². The molecule has 2 rings (SSSR count). The van der Waals surface area contributed by atoms with Crippen molar-refractivity contribution in [2.75, 3.05) is 0 Å². The van der Waals surface area contributed by atoms with Crippen molar-refractivity contribution in [1.29, 1.82) is 0 Å². The second kappa shape index (κ2) is 3.38. The van der Waals surface area contributed by atoms with Gasteiger partial charge in [-0.3, -0.25) is 9.78 Å². The SMILES string of the molecule is NC(=O)c1cc2cc(Br)ccc2cn1. The first kappa shape index (κ1) is 9.15. The lowest BCUT2D eigenvalue weighted by Gasteiger charge is -1.99. The second-order valence-electron chi connectivity index (χ2n) is 2.93. The Morgan fingerprint density at radius 2 is 2.07 bits per heavy atom. The minimum absolute atomic E-state index is 0.288. The highest BCUT2D eigenvalue weighted by Crippen LogP contribution is 2.19. The summed E-state index contributed by atoms with van der Waals surface area (Å²) in [5.74, 6) is -0.508. The van der Waals surface area contributed by atoms with Gasteiger partial charge >= 0.3 is 0 Å². The summed E-state index contributed by atoms with van der Waals surface area (Å²) in [6.07, 6.45) is 1.64. The molecule has 0 bridgehead atoms. The minimum atomic E-state index is -0.508. The maximum Gasteiger partial charge on any atom is 0.267 e. The van der Waals surface area contributed by atoms with Crippen molar-refractivity contribution >= 4 is 32.6 Å². The topological polar surface area (TPSA) is 56.0 Å². The van der Waals surface area contributed by atoms with Gasteiger partial charge in [-0.1, -0.05) is 22.0 Å². The normalized spacial score (nSPS) is 10.4. The van der Waals surface area contributed by atoms with Gasteiger partial charge in [0.2, 0.25) is 0 Å². The molecule has 3 nitrogen and oxygen atoms in total.